The molecule has 1 atom stereocenters. The lowest BCUT2D eigenvalue weighted by Crippen LogP contribution is -2.28. The van der Waals surface area contributed by atoms with Gasteiger partial charge in [-0.25, -0.2) is 0 Å². The first-order chi connectivity index (χ1) is 12.0. The zero-order valence-electron chi connectivity index (χ0n) is 13.5. The maximum atomic E-state index is 12.5. The maximum absolute atomic E-state index is 12.5. The third kappa shape index (κ3) is 3.96. The predicted molar refractivity (Wildman–Crippen MR) is 101 cm³/mol. The molecule has 1 saturated heterocycles. The van der Waals surface area contributed by atoms with Gasteiger partial charge in [0, 0.05) is 35.4 Å². The van der Waals surface area contributed by atoms with E-state index in [1.165, 1.54) is 0 Å². The number of halogens is 2. The van der Waals surface area contributed by atoms with Crippen LogP contribution in [0, 0.1) is 5.92 Å². The number of benzene rings is 2. The molecule has 0 spiro atoms. The van der Waals surface area contributed by atoms with Crippen LogP contribution < -0.4 is 15.0 Å². The van der Waals surface area contributed by atoms with E-state index in [0.717, 1.165) is 10.2 Å². The SMILES string of the molecule is COc1cc(NC(=O)[C@H]2CC(=O)N(c3ccc(Cl)cc3)C2)ccc1Br. The first-order valence-corrected chi connectivity index (χ1v) is 8.85. The number of carbonyl (C=O) groups excluding carboxylic acids is 2. The number of carbonyl (C=O) groups is 2. The first kappa shape index (κ1) is 17.8. The van der Waals surface area contributed by atoms with E-state index in [9.17, 15) is 9.59 Å². The Balaban J connectivity index is 1.69. The van der Waals surface area contributed by atoms with Crippen molar-refractivity contribution in [2.24, 2.45) is 5.92 Å². The minimum Gasteiger partial charge on any atom is -0.495 e. The van der Waals surface area contributed by atoms with E-state index in [-0.39, 0.29) is 18.2 Å². The average Bonchev–Trinajstić information content (AvgIpc) is 2.99. The van der Waals surface area contributed by atoms with Gasteiger partial charge in [-0.1, -0.05) is 11.6 Å². The van der Waals surface area contributed by atoms with Crippen molar-refractivity contribution >= 4 is 50.7 Å². The quantitative estimate of drug-likeness (QED) is 0.805. The average molecular weight is 424 g/mol. The van der Waals surface area contributed by atoms with E-state index in [1.54, 1.807) is 54.5 Å². The second-order valence-electron chi connectivity index (χ2n) is 5.72. The van der Waals surface area contributed by atoms with Gasteiger partial charge in [0.25, 0.3) is 0 Å². The predicted octanol–water partition coefficient (Wildman–Crippen LogP) is 4.10. The molecule has 5 nitrogen and oxygen atoms in total. The lowest BCUT2D eigenvalue weighted by atomic mass is 10.1. The summed E-state index contributed by atoms with van der Waals surface area (Å²) in [6.07, 6.45) is 0.183. The summed E-state index contributed by atoms with van der Waals surface area (Å²) < 4.78 is 6.03. The Morgan fingerprint density at radius 1 is 1.28 bits per heavy atom. The lowest BCUT2D eigenvalue weighted by Gasteiger charge is -2.17. The van der Waals surface area contributed by atoms with Crippen molar-refractivity contribution in [3.05, 3.63) is 52.0 Å². The van der Waals surface area contributed by atoms with Crippen LogP contribution in [0.15, 0.2) is 46.9 Å². The lowest BCUT2D eigenvalue weighted by molar-refractivity contribution is -0.122. The highest BCUT2D eigenvalue weighted by Crippen LogP contribution is 2.30. The second kappa shape index (κ2) is 7.45. The largest absolute Gasteiger partial charge is 0.495 e. The molecule has 0 saturated carbocycles. The highest BCUT2D eigenvalue weighted by molar-refractivity contribution is 9.10. The monoisotopic (exact) mass is 422 g/mol. The van der Waals surface area contributed by atoms with Crippen molar-refractivity contribution in [1.82, 2.24) is 0 Å². The second-order valence-corrected chi connectivity index (χ2v) is 7.01. The van der Waals surface area contributed by atoms with Crippen molar-refractivity contribution < 1.29 is 14.3 Å². The number of methoxy groups -OCH3 is 1. The number of hydrogen-bond acceptors (Lipinski definition) is 3. The van der Waals surface area contributed by atoms with E-state index in [0.29, 0.717) is 23.0 Å². The summed E-state index contributed by atoms with van der Waals surface area (Å²) in [4.78, 5) is 26.4. The molecule has 0 unspecified atom stereocenters. The molecule has 1 aliphatic rings. The van der Waals surface area contributed by atoms with Gasteiger partial charge in [-0.3, -0.25) is 9.59 Å². The third-order valence-electron chi connectivity index (χ3n) is 4.05. The summed E-state index contributed by atoms with van der Waals surface area (Å²) in [7, 11) is 1.56. The highest BCUT2D eigenvalue weighted by atomic mass is 79.9. The molecular formula is C18H16BrClN2O3. The van der Waals surface area contributed by atoms with Crippen LogP contribution in [-0.2, 0) is 9.59 Å². The standard InChI is InChI=1S/C18H16BrClN2O3/c1-25-16-9-13(4-7-15(16)19)21-18(24)11-8-17(23)22(10-11)14-5-2-12(20)3-6-14/h2-7,9,11H,8,10H2,1H3,(H,21,24)/t11-/m0/s1. The van der Waals surface area contributed by atoms with Crippen molar-refractivity contribution in [3.63, 3.8) is 0 Å². The van der Waals surface area contributed by atoms with Gasteiger partial charge in [0.15, 0.2) is 0 Å². The van der Waals surface area contributed by atoms with Crippen LogP contribution in [0.4, 0.5) is 11.4 Å². The minimum absolute atomic E-state index is 0.0733. The Morgan fingerprint density at radius 2 is 2.00 bits per heavy atom. The van der Waals surface area contributed by atoms with Gasteiger partial charge in [-0.2, -0.15) is 0 Å². The fourth-order valence-electron chi connectivity index (χ4n) is 2.74. The molecule has 7 heteroatoms. The van der Waals surface area contributed by atoms with Crippen LogP contribution >= 0.6 is 27.5 Å². The summed E-state index contributed by atoms with van der Waals surface area (Å²) in [5.74, 6) is -0.0362. The molecule has 130 valence electrons. The minimum atomic E-state index is -0.405. The molecule has 2 aromatic rings. The molecule has 25 heavy (non-hydrogen) atoms. The Morgan fingerprint density at radius 3 is 2.68 bits per heavy atom. The summed E-state index contributed by atoms with van der Waals surface area (Å²) in [5.41, 5.74) is 1.37. The fraction of sp³-hybridized carbons (Fsp3) is 0.222. The smallest absolute Gasteiger partial charge is 0.229 e. The zero-order chi connectivity index (χ0) is 18.0. The Kier molecular flexibility index (Phi) is 5.30. The summed E-state index contributed by atoms with van der Waals surface area (Å²) >= 11 is 9.25. The van der Waals surface area contributed by atoms with Gasteiger partial charge in [0.05, 0.1) is 17.5 Å². The molecule has 1 N–H and O–H groups in total. The molecule has 0 aromatic heterocycles. The number of nitrogens with zero attached hydrogens (tertiary/aromatic N) is 1. The Labute approximate surface area is 159 Å². The number of amides is 2. The Bertz CT molecular complexity index is 810. The van der Waals surface area contributed by atoms with E-state index >= 15 is 0 Å². The van der Waals surface area contributed by atoms with Crippen molar-refractivity contribution in [2.75, 3.05) is 23.9 Å². The van der Waals surface area contributed by atoms with Crippen molar-refractivity contribution in [3.8, 4) is 5.75 Å². The first-order valence-electron chi connectivity index (χ1n) is 7.68. The molecule has 1 fully saturated rings. The summed E-state index contributed by atoms with van der Waals surface area (Å²) in [6, 6.07) is 12.3. The van der Waals surface area contributed by atoms with Gasteiger partial charge in [-0.15, -0.1) is 0 Å². The molecule has 0 radical (unpaired) electrons. The van der Waals surface area contributed by atoms with Crippen LogP contribution in [-0.4, -0.2) is 25.5 Å². The number of nitrogens with one attached hydrogen (secondary N) is 1. The van der Waals surface area contributed by atoms with Crippen LogP contribution in [0.25, 0.3) is 0 Å². The molecule has 1 aliphatic heterocycles. The normalized spacial score (nSPS) is 16.8. The van der Waals surface area contributed by atoms with E-state index < -0.39 is 5.92 Å². The van der Waals surface area contributed by atoms with Crippen LogP contribution in [0.5, 0.6) is 5.75 Å². The zero-order valence-corrected chi connectivity index (χ0v) is 15.8. The van der Waals surface area contributed by atoms with E-state index in [4.69, 9.17) is 16.3 Å². The van der Waals surface area contributed by atoms with Gasteiger partial charge in [0.1, 0.15) is 5.75 Å². The molecule has 3 rings (SSSR count). The molecule has 0 aliphatic carbocycles. The van der Waals surface area contributed by atoms with E-state index in [1.807, 2.05) is 0 Å². The third-order valence-corrected chi connectivity index (χ3v) is 4.96. The molecule has 2 aromatic carbocycles. The van der Waals surface area contributed by atoms with Crippen LogP contribution in [0.1, 0.15) is 6.42 Å². The highest BCUT2D eigenvalue weighted by Gasteiger charge is 2.35. The molecule has 2 amide bonds. The fourth-order valence-corrected chi connectivity index (χ4v) is 3.27. The van der Waals surface area contributed by atoms with Gasteiger partial charge < -0.3 is 15.0 Å². The topological polar surface area (TPSA) is 58.6 Å². The number of rotatable bonds is 4. The van der Waals surface area contributed by atoms with Crippen molar-refractivity contribution in [1.29, 1.82) is 0 Å². The Hall–Kier alpha value is -2.05. The molecule has 1 heterocycles. The van der Waals surface area contributed by atoms with Crippen LogP contribution in [0.2, 0.25) is 5.02 Å². The van der Waals surface area contributed by atoms with Gasteiger partial charge >= 0.3 is 0 Å². The summed E-state index contributed by atoms with van der Waals surface area (Å²) in [5, 5.41) is 3.45. The van der Waals surface area contributed by atoms with E-state index in [2.05, 4.69) is 21.2 Å². The molecule has 0 bridgehead atoms. The number of hydrogen-bond donors (Lipinski definition) is 1. The number of anilines is 2. The maximum Gasteiger partial charge on any atom is 0.229 e. The molecular weight excluding hydrogens is 408 g/mol. The number of ether oxygens (including phenoxy) is 1. The van der Waals surface area contributed by atoms with Gasteiger partial charge in [-0.05, 0) is 52.3 Å². The van der Waals surface area contributed by atoms with Crippen LogP contribution in [0.3, 0.4) is 0 Å². The summed E-state index contributed by atoms with van der Waals surface area (Å²) in [6.45, 7) is 0.347. The van der Waals surface area contributed by atoms with Gasteiger partial charge in [0.2, 0.25) is 11.8 Å². The van der Waals surface area contributed by atoms with Crippen molar-refractivity contribution in [2.45, 2.75) is 6.42 Å².